The van der Waals surface area contributed by atoms with Crippen molar-refractivity contribution in [3.8, 4) is 0 Å². The molecule has 4 heteroatoms. The molecule has 22 heavy (non-hydrogen) atoms. The number of halogens is 1. The third-order valence-corrected chi connectivity index (χ3v) is 5.23. The lowest BCUT2D eigenvalue weighted by Gasteiger charge is -2.05. The molecular weight excluding hydrogens is 389 g/mol. The Morgan fingerprint density at radius 3 is 2.68 bits per heavy atom. The van der Waals surface area contributed by atoms with E-state index < -0.39 is 0 Å². The van der Waals surface area contributed by atoms with Crippen LogP contribution in [-0.2, 0) is 18.2 Å². The number of carbonyl (C=O) groups is 1. The van der Waals surface area contributed by atoms with E-state index in [0.29, 0.717) is 12.2 Å². The summed E-state index contributed by atoms with van der Waals surface area (Å²) in [6, 6.07) is 5.85. The van der Waals surface area contributed by atoms with Crippen LogP contribution in [0.1, 0.15) is 55.6 Å². The largest absolute Gasteiger partial charge is 0.462 e. The Hall–Kier alpha value is -1.04. The van der Waals surface area contributed by atoms with E-state index >= 15 is 0 Å². The van der Waals surface area contributed by atoms with Gasteiger partial charge >= 0.3 is 5.97 Å². The molecule has 0 radical (unpaired) electrons. The van der Waals surface area contributed by atoms with Crippen molar-refractivity contribution < 1.29 is 9.53 Å². The highest BCUT2D eigenvalue weighted by atomic mass is 127. The number of benzene rings is 1. The summed E-state index contributed by atoms with van der Waals surface area (Å²) in [7, 11) is 2.11. The average molecular weight is 413 g/mol. The van der Waals surface area contributed by atoms with Crippen molar-refractivity contribution in [3.63, 3.8) is 0 Å². The Morgan fingerprint density at radius 2 is 2.00 bits per heavy atom. The van der Waals surface area contributed by atoms with Crippen molar-refractivity contribution in [3.05, 3.63) is 33.0 Å². The standard InChI is InChI=1S/C18H24INO2/c1-4-6-7-8-9-16-17(19)14-12-13(18(21)22-5-2)10-11-15(14)20(16)3/h10-12H,4-9H2,1-3H3. The predicted molar refractivity (Wildman–Crippen MR) is 99.4 cm³/mol. The molecule has 0 aliphatic carbocycles. The summed E-state index contributed by atoms with van der Waals surface area (Å²) in [5, 5.41) is 1.15. The lowest BCUT2D eigenvalue weighted by atomic mass is 10.1. The summed E-state index contributed by atoms with van der Waals surface area (Å²) >= 11 is 2.41. The molecule has 120 valence electrons. The monoisotopic (exact) mass is 413 g/mol. The van der Waals surface area contributed by atoms with E-state index in [9.17, 15) is 4.79 Å². The molecule has 0 spiro atoms. The minimum absolute atomic E-state index is 0.242. The normalized spacial score (nSPS) is 11.1. The van der Waals surface area contributed by atoms with Gasteiger partial charge in [-0.25, -0.2) is 4.79 Å². The predicted octanol–water partition coefficient (Wildman–Crippen LogP) is 5.08. The lowest BCUT2D eigenvalue weighted by molar-refractivity contribution is 0.0526. The number of esters is 1. The van der Waals surface area contributed by atoms with Crippen LogP contribution in [0.15, 0.2) is 18.2 Å². The van der Waals surface area contributed by atoms with Gasteiger partial charge in [0.05, 0.1) is 12.2 Å². The first-order valence-corrected chi connectivity index (χ1v) is 9.11. The van der Waals surface area contributed by atoms with Gasteiger partial charge in [0, 0.05) is 27.2 Å². The second-order valence-corrected chi connectivity index (χ2v) is 6.66. The quantitative estimate of drug-likeness (QED) is 0.360. The van der Waals surface area contributed by atoms with Crippen LogP contribution in [-0.4, -0.2) is 17.1 Å². The van der Waals surface area contributed by atoms with Gasteiger partial charge < -0.3 is 9.30 Å². The maximum Gasteiger partial charge on any atom is 0.338 e. The number of carbonyl (C=O) groups excluding carboxylic acids is 1. The molecule has 0 amide bonds. The van der Waals surface area contributed by atoms with Gasteiger partial charge in [-0.3, -0.25) is 0 Å². The van der Waals surface area contributed by atoms with Crippen molar-refractivity contribution in [2.24, 2.45) is 7.05 Å². The molecule has 2 aromatic rings. The zero-order chi connectivity index (χ0) is 16.1. The summed E-state index contributed by atoms with van der Waals surface area (Å²) in [5.41, 5.74) is 3.19. The fourth-order valence-corrected chi connectivity index (χ4v) is 3.85. The fraction of sp³-hybridized carbons (Fsp3) is 0.500. The number of nitrogens with zero attached hydrogens (tertiary/aromatic N) is 1. The second-order valence-electron chi connectivity index (χ2n) is 5.58. The molecule has 1 aromatic carbocycles. The average Bonchev–Trinajstić information content (AvgIpc) is 2.76. The topological polar surface area (TPSA) is 31.2 Å². The Labute approximate surface area is 146 Å². The van der Waals surface area contributed by atoms with Crippen LogP contribution in [0.4, 0.5) is 0 Å². The van der Waals surface area contributed by atoms with Gasteiger partial charge in [0.15, 0.2) is 0 Å². The Morgan fingerprint density at radius 1 is 1.23 bits per heavy atom. The van der Waals surface area contributed by atoms with Crippen LogP contribution in [0.5, 0.6) is 0 Å². The van der Waals surface area contributed by atoms with E-state index in [1.807, 2.05) is 25.1 Å². The van der Waals surface area contributed by atoms with Gasteiger partial charge in [0.25, 0.3) is 0 Å². The molecule has 1 aromatic heterocycles. The Kier molecular flexibility index (Phi) is 6.29. The zero-order valence-corrected chi connectivity index (χ0v) is 15.8. The number of fused-ring (bicyclic) bond motifs is 1. The van der Waals surface area contributed by atoms with Crippen LogP contribution >= 0.6 is 22.6 Å². The highest BCUT2D eigenvalue weighted by Crippen LogP contribution is 2.29. The molecule has 0 bridgehead atoms. The minimum atomic E-state index is -0.242. The highest BCUT2D eigenvalue weighted by molar-refractivity contribution is 14.1. The van der Waals surface area contributed by atoms with E-state index in [0.717, 1.165) is 11.8 Å². The first kappa shape index (κ1) is 17.3. The number of unbranched alkanes of at least 4 members (excludes halogenated alkanes) is 3. The Bertz CT molecular complexity index is 661. The van der Waals surface area contributed by atoms with Gasteiger partial charge in [-0.1, -0.05) is 26.2 Å². The molecule has 0 unspecified atom stereocenters. The number of hydrogen-bond donors (Lipinski definition) is 0. The van der Waals surface area contributed by atoms with E-state index in [2.05, 4.69) is 41.1 Å². The fourth-order valence-electron chi connectivity index (χ4n) is 2.79. The molecule has 0 aliphatic rings. The van der Waals surface area contributed by atoms with Crippen LogP contribution in [0.2, 0.25) is 0 Å². The van der Waals surface area contributed by atoms with Gasteiger partial charge in [0.1, 0.15) is 0 Å². The SMILES string of the molecule is CCCCCCc1c(I)c2cc(C(=O)OCC)ccc2n1C. The number of aromatic nitrogens is 1. The first-order valence-electron chi connectivity index (χ1n) is 8.04. The molecular formula is C18H24INO2. The number of hydrogen-bond acceptors (Lipinski definition) is 2. The molecule has 3 nitrogen and oxygen atoms in total. The molecule has 0 saturated heterocycles. The molecule has 0 fully saturated rings. The summed E-state index contributed by atoms with van der Waals surface area (Å²) in [6.45, 7) is 4.47. The zero-order valence-electron chi connectivity index (χ0n) is 13.6. The third-order valence-electron chi connectivity index (χ3n) is 4.03. The van der Waals surface area contributed by atoms with E-state index in [1.165, 1.54) is 40.5 Å². The van der Waals surface area contributed by atoms with Crippen LogP contribution in [0.3, 0.4) is 0 Å². The molecule has 0 saturated carbocycles. The van der Waals surface area contributed by atoms with Crippen molar-refractivity contribution in [2.75, 3.05) is 6.61 Å². The molecule has 1 heterocycles. The molecule has 0 atom stereocenters. The maximum atomic E-state index is 11.9. The number of aryl methyl sites for hydroxylation is 1. The number of ether oxygens (including phenoxy) is 1. The van der Waals surface area contributed by atoms with Crippen molar-refractivity contribution >= 4 is 39.5 Å². The second kappa shape index (κ2) is 7.99. The van der Waals surface area contributed by atoms with Crippen LogP contribution in [0, 0.1) is 3.57 Å². The van der Waals surface area contributed by atoms with Crippen LogP contribution < -0.4 is 0 Å². The summed E-state index contributed by atoms with van der Waals surface area (Å²) in [6.07, 6.45) is 6.15. The Balaban J connectivity index is 2.29. The highest BCUT2D eigenvalue weighted by Gasteiger charge is 2.15. The van der Waals surface area contributed by atoms with Gasteiger partial charge in [-0.2, -0.15) is 0 Å². The molecule has 0 N–H and O–H groups in total. The van der Waals surface area contributed by atoms with Gasteiger partial charge in [-0.15, -0.1) is 0 Å². The minimum Gasteiger partial charge on any atom is -0.462 e. The van der Waals surface area contributed by atoms with Crippen molar-refractivity contribution in [1.29, 1.82) is 0 Å². The first-order chi connectivity index (χ1) is 10.6. The van der Waals surface area contributed by atoms with Gasteiger partial charge in [0.2, 0.25) is 0 Å². The van der Waals surface area contributed by atoms with E-state index in [1.54, 1.807) is 0 Å². The summed E-state index contributed by atoms with van der Waals surface area (Å²) < 4.78 is 8.62. The smallest absolute Gasteiger partial charge is 0.338 e. The van der Waals surface area contributed by atoms with Crippen molar-refractivity contribution in [2.45, 2.75) is 46.0 Å². The van der Waals surface area contributed by atoms with Crippen LogP contribution in [0.25, 0.3) is 10.9 Å². The third kappa shape index (κ3) is 3.65. The lowest BCUT2D eigenvalue weighted by Crippen LogP contribution is -2.04. The van der Waals surface area contributed by atoms with E-state index in [4.69, 9.17) is 4.74 Å². The van der Waals surface area contributed by atoms with Crippen molar-refractivity contribution in [1.82, 2.24) is 4.57 Å². The molecule has 2 rings (SSSR count). The van der Waals surface area contributed by atoms with Gasteiger partial charge in [-0.05, 0) is 60.6 Å². The molecule has 0 aliphatic heterocycles. The maximum absolute atomic E-state index is 11.9. The number of rotatable bonds is 7. The summed E-state index contributed by atoms with van der Waals surface area (Å²) in [5.74, 6) is -0.242. The summed E-state index contributed by atoms with van der Waals surface area (Å²) in [4.78, 5) is 11.9. The van der Waals surface area contributed by atoms with E-state index in [-0.39, 0.29) is 5.97 Å².